The SMILES string of the molecule is Cc1cc2c(cnn2C2CCCCO2)c(-c2cc3nc(OC[C@@H]4CCCN4C)nc(N4CCN(C(=O)O)[C@@H](CC#N)C4)c3c3occc23)c1Cl. The van der Waals surface area contributed by atoms with Gasteiger partial charge in [0.1, 0.15) is 18.0 Å². The van der Waals surface area contributed by atoms with Crippen molar-refractivity contribution in [2.45, 2.75) is 63.8 Å². The summed E-state index contributed by atoms with van der Waals surface area (Å²) in [4.78, 5) is 27.6. The number of likely N-dealkylation sites (N-methyl/N-ethyl adjacent to an activating group) is 1. The van der Waals surface area contributed by atoms with Crippen molar-refractivity contribution in [1.29, 1.82) is 5.26 Å². The number of rotatable bonds is 7. The smallest absolute Gasteiger partial charge is 0.407 e. The van der Waals surface area contributed by atoms with E-state index in [2.05, 4.69) is 24.1 Å². The van der Waals surface area contributed by atoms with E-state index in [9.17, 15) is 15.2 Å². The van der Waals surface area contributed by atoms with Crippen molar-refractivity contribution in [3.05, 3.63) is 41.2 Å². The number of fused-ring (bicyclic) bond motifs is 4. The minimum absolute atomic E-state index is 0.0605. The van der Waals surface area contributed by atoms with Crippen molar-refractivity contribution in [2.24, 2.45) is 0 Å². The van der Waals surface area contributed by atoms with Crippen LogP contribution in [0.3, 0.4) is 0 Å². The van der Waals surface area contributed by atoms with E-state index in [1.807, 2.05) is 34.8 Å². The lowest BCUT2D eigenvalue weighted by molar-refractivity contribution is -0.0366. The number of piperazine rings is 1. The summed E-state index contributed by atoms with van der Waals surface area (Å²) in [5.41, 5.74) is 4.72. The van der Waals surface area contributed by atoms with Crippen LogP contribution in [-0.2, 0) is 4.74 Å². The fourth-order valence-corrected chi connectivity index (χ4v) is 8.10. The largest absolute Gasteiger partial charge is 0.465 e. The number of amides is 1. The number of carbonyl (C=O) groups is 1. The highest BCUT2D eigenvalue weighted by atomic mass is 35.5. The Morgan fingerprint density at radius 2 is 2.02 bits per heavy atom. The van der Waals surface area contributed by atoms with E-state index >= 15 is 0 Å². The van der Waals surface area contributed by atoms with Crippen LogP contribution in [0.25, 0.3) is 43.9 Å². The molecule has 0 spiro atoms. The molecule has 13 nitrogen and oxygen atoms in total. The van der Waals surface area contributed by atoms with Crippen LogP contribution < -0.4 is 9.64 Å². The number of carboxylic acid groups (broad SMARTS) is 1. The van der Waals surface area contributed by atoms with Gasteiger partial charge in [0.05, 0.1) is 52.4 Å². The van der Waals surface area contributed by atoms with Crippen LogP contribution in [0.5, 0.6) is 6.01 Å². The monoisotopic (exact) mass is 698 g/mol. The van der Waals surface area contributed by atoms with E-state index in [0.717, 1.165) is 71.6 Å². The maximum Gasteiger partial charge on any atom is 0.407 e. The molecule has 14 heteroatoms. The van der Waals surface area contributed by atoms with Gasteiger partial charge in [-0.05, 0) is 81.9 Å². The fourth-order valence-electron chi connectivity index (χ4n) is 7.84. The number of hydrogen-bond donors (Lipinski definition) is 1. The standard InChI is InChI=1S/C36H39ClN8O5/c1-21-16-28-26(18-39-45(28)29-7-3-4-14-48-29)30(32(21)37)25-17-27-31(33-24(25)9-15-49-33)34(41-35(40-27)50-20-23-6-5-11-42(23)2)43-12-13-44(36(46)47)22(19-43)8-10-38/h9,15-18,22-23,29H,3-8,11-14,19-20H2,1-2H3,(H,46,47)/t22-,23-,29?/m0/s1. The van der Waals surface area contributed by atoms with Crippen molar-refractivity contribution >= 4 is 56.3 Å². The van der Waals surface area contributed by atoms with Gasteiger partial charge in [0.15, 0.2) is 6.23 Å². The number of nitrogens with zero attached hydrogens (tertiary/aromatic N) is 8. The third kappa shape index (κ3) is 5.65. The van der Waals surface area contributed by atoms with Gasteiger partial charge in [-0.2, -0.15) is 20.3 Å². The molecule has 3 atom stereocenters. The van der Waals surface area contributed by atoms with Gasteiger partial charge in [-0.15, -0.1) is 0 Å². The Morgan fingerprint density at radius 3 is 2.78 bits per heavy atom. The molecule has 3 fully saturated rings. The van der Waals surface area contributed by atoms with E-state index < -0.39 is 12.1 Å². The van der Waals surface area contributed by atoms with Crippen LogP contribution in [0.1, 0.15) is 50.3 Å². The van der Waals surface area contributed by atoms with Crippen LogP contribution >= 0.6 is 11.6 Å². The first-order valence-corrected chi connectivity index (χ1v) is 17.6. The molecule has 8 rings (SSSR count). The summed E-state index contributed by atoms with van der Waals surface area (Å²) < 4.78 is 20.6. The number of furan rings is 1. The lowest BCUT2D eigenvalue weighted by atomic mass is 9.95. The number of hydrogen-bond acceptors (Lipinski definition) is 10. The molecule has 1 amide bonds. The third-order valence-electron chi connectivity index (χ3n) is 10.5. The molecular formula is C36H39ClN8O5. The Labute approximate surface area is 293 Å². The first-order valence-electron chi connectivity index (χ1n) is 17.3. The maximum atomic E-state index is 12.0. The van der Waals surface area contributed by atoms with E-state index in [-0.39, 0.29) is 37.8 Å². The van der Waals surface area contributed by atoms with Crippen molar-refractivity contribution in [3.8, 4) is 23.2 Å². The summed E-state index contributed by atoms with van der Waals surface area (Å²) in [5, 5.41) is 27.2. The molecule has 1 N–H and O–H groups in total. The van der Waals surface area contributed by atoms with Gasteiger partial charge in [-0.3, -0.25) is 0 Å². The molecule has 3 aromatic heterocycles. The van der Waals surface area contributed by atoms with Gasteiger partial charge >= 0.3 is 12.1 Å². The van der Waals surface area contributed by atoms with Crippen molar-refractivity contribution in [1.82, 2.24) is 29.5 Å². The number of aryl methyl sites for hydroxylation is 1. The first-order chi connectivity index (χ1) is 24.3. The third-order valence-corrected chi connectivity index (χ3v) is 11.0. The number of ether oxygens (including phenoxy) is 2. The number of anilines is 1. The molecule has 0 radical (unpaired) electrons. The topological polar surface area (TPSA) is 146 Å². The summed E-state index contributed by atoms with van der Waals surface area (Å²) in [6, 6.07) is 8.12. The summed E-state index contributed by atoms with van der Waals surface area (Å²) in [7, 11) is 2.10. The van der Waals surface area contributed by atoms with Crippen LogP contribution in [0.15, 0.2) is 35.1 Å². The van der Waals surface area contributed by atoms with Crippen LogP contribution in [0.4, 0.5) is 10.6 Å². The number of aromatic nitrogens is 4. The van der Waals surface area contributed by atoms with Gasteiger partial charge in [-0.1, -0.05) is 11.6 Å². The van der Waals surface area contributed by atoms with E-state index in [0.29, 0.717) is 47.1 Å². The maximum absolute atomic E-state index is 12.0. The number of benzene rings is 2. The highest BCUT2D eigenvalue weighted by Crippen LogP contribution is 2.45. The Kier molecular flexibility index (Phi) is 8.62. The lowest BCUT2D eigenvalue weighted by Crippen LogP contribution is -2.55. The Bertz CT molecular complexity index is 2140. The molecule has 6 heterocycles. The summed E-state index contributed by atoms with van der Waals surface area (Å²) in [6.45, 7) is 5.04. The molecular weight excluding hydrogens is 660 g/mol. The van der Waals surface area contributed by atoms with Crippen molar-refractivity contribution in [3.63, 3.8) is 0 Å². The molecule has 2 aromatic carbocycles. The Hall–Kier alpha value is -4.64. The number of likely N-dealkylation sites (tertiary alicyclic amines) is 1. The predicted octanol–water partition coefficient (Wildman–Crippen LogP) is 6.61. The number of nitriles is 1. The van der Waals surface area contributed by atoms with Gasteiger partial charge < -0.3 is 33.7 Å². The number of halogens is 1. The minimum atomic E-state index is -1.04. The molecule has 3 saturated heterocycles. The molecule has 0 aliphatic carbocycles. The predicted molar refractivity (Wildman–Crippen MR) is 189 cm³/mol. The zero-order valence-electron chi connectivity index (χ0n) is 28.1. The molecule has 5 aromatic rings. The lowest BCUT2D eigenvalue weighted by Gasteiger charge is -2.39. The van der Waals surface area contributed by atoms with Crippen LogP contribution in [0, 0.1) is 18.3 Å². The molecule has 0 bridgehead atoms. The molecule has 50 heavy (non-hydrogen) atoms. The fraction of sp³-hybridized carbons (Fsp3) is 0.472. The zero-order valence-corrected chi connectivity index (χ0v) is 28.9. The summed E-state index contributed by atoms with van der Waals surface area (Å²) in [5.74, 6) is 0.576. The summed E-state index contributed by atoms with van der Waals surface area (Å²) in [6.07, 6.45) is 7.55. The van der Waals surface area contributed by atoms with Gasteiger partial charge in [0.25, 0.3) is 0 Å². The quantitative estimate of drug-likeness (QED) is 0.196. The normalized spacial score (nSPS) is 21.8. The van der Waals surface area contributed by atoms with Gasteiger partial charge in [-0.25, -0.2) is 9.48 Å². The zero-order chi connectivity index (χ0) is 34.5. The first kappa shape index (κ1) is 32.6. The van der Waals surface area contributed by atoms with Crippen LogP contribution in [-0.4, -0.2) is 99.3 Å². The highest BCUT2D eigenvalue weighted by molar-refractivity contribution is 6.36. The highest BCUT2D eigenvalue weighted by Gasteiger charge is 2.33. The van der Waals surface area contributed by atoms with Gasteiger partial charge in [0.2, 0.25) is 0 Å². The van der Waals surface area contributed by atoms with Crippen molar-refractivity contribution in [2.75, 3.05) is 51.3 Å². The van der Waals surface area contributed by atoms with E-state index in [1.54, 1.807) is 6.26 Å². The molecule has 260 valence electrons. The Morgan fingerprint density at radius 1 is 1.14 bits per heavy atom. The second-order valence-corrected chi connectivity index (χ2v) is 13.9. The van der Waals surface area contributed by atoms with E-state index in [1.165, 1.54) is 4.90 Å². The average molecular weight is 699 g/mol. The second kappa shape index (κ2) is 13.2. The average Bonchev–Trinajstić information content (AvgIpc) is 3.88. The van der Waals surface area contributed by atoms with Gasteiger partial charge in [0, 0.05) is 48.6 Å². The molecule has 1 unspecified atom stereocenters. The molecule has 3 aliphatic heterocycles. The minimum Gasteiger partial charge on any atom is -0.465 e. The molecule has 3 aliphatic rings. The Balaban J connectivity index is 1.30. The van der Waals surface area contributed by atoms with Crippen LogP contribution in [0.2, 0.25) is 5.02 Å². The summed E-state index contributed by atoms with van der Waals surface area (Å²) >= 11 is 7.18. The van der Waals surface area contributed by atoms with Crippen molar-refractivity contribution < 1.29 is 23.8 Å². The molecule has 0 saturated carbocycles. The second-order valence-electron chi connectivity index (χ2n) is 13.6. The van der Waals surface area contributed by atoms with E-state index in [4.69, 9.17) is 40.6 Å².